The van der Waals surface area contributed by atoms with Gasteiger partial charge in [0.15, 0.2) is 5.65 Å². The van der Waals surface area contributed by atoms with Gasteiger partial charge in [-0.05, 0) is 12.1 Å². The molecule has 2 heterocycles. The number of rotatable bonds is 2. The molecule has 2 aromatic heterocycles. The Hall–Kier alpha value is -2.11. The third-order valence-electron chi connectivity index (χ3n) is 1.99. The fourth-order valence-corrected chi connectivity index (χ4v) is 1.23. The van der Waals surface area contributed by atoms with E-state index in [1.807, 2.05) is 19.0 Å². The highest BCUT2D eigenvalue weighted by molar-refractivity contribution is 5.88. The van der Waals surface area contributed by atoms with Crippen LogP contribution in [0.4, 0.5) is 5.82 Å². The van der Waals surface area contributed by atoms with E-state index in [-0.39, 0.29) is 5.82 Å². The number of carbonyl (C=O) groups is 1. The Bertz CT molecular complexity index is 518. The minimum Gasteiger partial charge on any atom is -0.475 e. The van der Waals surface area contributed by atoms with E-state index in [1.54, 1.807) is 12.1 Å². The molecule has 2 rings (SSSR count). The van der Waals surface area contributed by atoms with Gasteiger partial charge in [-0.25, -0.2) is 14.8 Å². The van der Waals surface area contributed by atoms with Gasteiger partial charge >= 0.3 is 5.97 Å². The zero-order chi connectivity index (χ0) is 11.0. The first kappa shape index (κ1) is 9.45. The van der Waals surface area contributed by atoms with Crippen LogP contribution < -0.4 is 4.90 Å². The van der Waals surface area contributed by atoms with E-state index >= 15 is 0 Å². The van der Waals surface area contributed by atoms with Crippen molar-refractivity contribution in [3.8, 4) is 0 Å². The van der Waals surface area contributed by atoms with Crippen molar-refractivity contribution >= 4 is 23.0 Å². The maximum absolute atomic E-state index is 10.7. The van der Waals surface area contributed by atoms with Crippen LogP contribution >= 0.6 is 0 Å². The minimum absolute atomic E-state index is 0.0894. The SMILES string of the molecule is CN(C)c1ccc2[nH]c(C(=O)O)nc2n1. The summed E-state index contributed by atoms with van der Waals surface area (Å²) >= 11 is 0. The second-order valence-corrected chi connectivity index (χ2v) is 3.33. The van der Waals surface area contributed by atoms with Crippen molar-refractivity contribution in [2.75, 3.05) is 19.0 Å². The van der Waals surface area contributed by atoms with Crippen LogP contribution in [0.2, 0.25) is 0 Å². The summed E-state index contributed by atoms with van der Waals surface area (Å²) in [5.74, 6) is -0.432. The van der Waals surface area contributed by atoms with Gasteiger partial charge in [0.2, 0.25) is 5.82 Å². The average molecular weight is 206 g/mol. The lowest BCUT2D eigenvalue weighted by atomic mass is 10.4. The van der Waals surface area contributed by atoms with Gasteiger partial charge in [0.25, 0.3) is 0 Å². The zero-order valence-electron chi connectivity index (χ0n) is 8.35. The normalized spacial score (nSPS) is 10.5. The summed E-state index contributed by atoms with van der Waals surface area (Å²) in [6.07, 6.45) is 0. The summed E-state index contributed by atoms with van der Waals surface area (Å²) in [4.78, 5) is 23.2. The smallest absolute Gasteiger partial charge is 0.371 e. The van der Waals surface area contributed by atoms with Crippen LogP contribution in [0.3, 0.4) is 0 Å². The highest BCUT2D eigenvalue weighted by Gasteiger charge is 2.10. The monoisotopic (exact) mass is 206 g/mol. The van der Waals surface area contributed by atoms with Gasteiger partial charge in [-0.15, -0.1) is 0 Å². The third-order valence-corrected chi connectivity index (χ3v) is 1.99. The number of hydrogen-bond donors (Lipinski definition) is 2. The van der Waals surface area contributed by atoms with E-state index < -0.39 is 5.97 Å². The van der Waals surface area contributed by atoms with E-state index in [0.717, 1.165) is 5.82 Å². The Kier molecular flexibility index (Phi) is 2.03. The molecule has 78 valence electrons. The number of carboxylic acid groups (broad SMARTS) is 1. The van der Waals surface area contributed by atoms with Gasteiger partial charge in [-0.1, -0.05) is 0 Å². The summed E-state index contributed by atoms with van der Waals surface area (Å²) in [6.45, 7) is 0. The van der Waals surface area contributed by atoms with E-state index in [4.69, 9.17) is 5.11 Å². The third kappa shape index (κ3) is 1.61. The molecule has 0 aromatic carbocycles. The number of aromatic carboxylic acids is 1. The lowest BCUT2D eigenvalue weighted by Crippen LogP contribution is -2.10. The highest BCUT2D eigenvalue weighted by Crippen LogP contribution is 2.14. The number of hydrogen-bond acceptors (Lipinski definition) is 4. The fourth-order valence-electron chi connectivity index (χ4n) is 1.23. The van der Waals surface area contributed by atoms with Gasteiger partial charge in [0.05, 0.1) is 5.52 Å². The van der Waals surface area contributed by atoms with Crippen molar-refractivity contribution in [3.05, 3.63) is 18.0 Å². The molecule has 0 unspecified atom stereocenters. The molecular formula is C9H10N4O2. The number of nitrogens with zero attached hydrogens (tertiary/aromatic N) is 3. The van der Waals surface area contributed by atoms with Crippen molar-refractivity contribution < 1.29 is 9.90 Å². The van der Waals surface area contributed by atoms with Crippen molar-refractivity contribution in [2.24, 2.45) is 0 Å². The Morgan fingerprint density at radius 3 is 2.73 bits per heavy atom. The molecule has 6 nitrogen and oxygen atoms in total. The molecule has 0 aliphatic carbocycles. The predicted molar refractivity (Wildman–Crippen MR) is 55.2 cm³/mol. The highest BCUT2D eigenvalue weighted by atomic mass is 16.4. The van der Waals surface area contributed by atoms with Crippen LogP contribution in [0, 0.1) is 0 Å². The largest absolute Gasteiger partial charge is 0.475 e. The molecule has 2 aromatic rings. The molecule has 0 saturated carbocycles. The van der Waals surface area contributed by atoms with E-state index in [1.165, 1.54) is 0 Å². The summed E-state index contributed by atoms with van der Waals surface area (Å²) in [5, 5.41) is 8.73. The van der Waals surface area contributed by atoms with Gasteiger partial charge in [0, 0.05) is 14.1 Å². The lowest BCUT2D eigenvalue weighted by molar-refractivity contribution is 0.0685. The second-order valence-electron chi connectivity index (χ2n) is 3.33. The summed E-state index contributed by atoms with van der Waals surface area (Å²) in [5.41, 5.74) is 1.04. The first-order valence-electron chi connectivity index (χ1n) is 4.35. The minimum atomic E-state index is -1.08. The number of anilines is 1. The molecule has 0 bridgehead atoms. The van der Waals surface area contributed by atoms with Crippen LogP contribution in [-0.2, 0) is 0 Å². The fraction of sp³-hybridized carbons (Fsp3) is 0.222. The lowest BCUT2D eigenvalue weighted by Gasteiger charge is -2.09. The van der Waals surface area contributed by atoms with Gasteiger partial charge in [-0.2, -0.15) is 0 Å². The molecule has 0 fully saturated rings. The Balaban J connectivity index is 2.57. The Labute approximate surface area is 85.6 Å². The van der Waals surface area contributed by atoms with Crippen molar-refractivity contribution in [3.63, 3.8) is 0 Å². The van der Waals surface area contributed by atoms with Crippen LogP contribution in [0.1, 0.15) is 10.6 Å². The molecule has 0 saturated heterocycles. The quantitative estimate of drug-likeness (QED) is 0.756. The maximum Gasteiger partial charge on any atom is 0.371 e. The van der Waals surface area contributed by atoms with Crippen molar-refractivity contribution in [2.45, 2.75) is 0 Å². The van der Waals surface area contributed by atoms with Gasteiger partial charge in [-0.3, -0.25) is 0 Å². The Morgan fingerprint density at radius 1 is 1.40 bits per heavy atom. The van der Waals surface area contributed by atoms with Crippen molar-refractivity contribution in [1.82, 2.24) is 15.0 Å². The molecule has 0 aliphatic heterocycles. The molecule has 0 amide bonds. The second kappa shape index (κ2) is 3.23. The molecule has 0 atom stereocenters. The topological polar surface area (TPSA) is 82.1 Å². The Morgan fingerprint density at radius 2 is 2.13 bits per heavy atom. The number of fused-ring (bicyclic) bond motifs is 1. The zero-order valence-corrected chi connectivity index (χ0v) is 8.35. The molecular weight excluding hydrogens is 196 g/mol. The molecule has 0 aliphatic rings. The van der Waals surface area contributed by atoms with Crippen LogP contribution in [0.15, 0.2) is 12.1 Å². The summed E-state index contributed by atoms with van der Waals surface area (Å²) in [7, 11) is 3.72. The van der Waals surface area contributed by atoms with Crippen LogP contribution in [0.5, 0.6) is 0 Å². The van der Waals surface area contributed by atoms with E-state index in [9.17, 15) is 4.79 Å². The van der Waals surface area contributed by atoms with Gasteiger partial charge in [0.1, 0.15) is 5.82 Å². The standard InChI is InChI=1S/C9H10N4O2/c1-13(2)6-4-3-5-7(11-6)12-8(10-5)9(14)15/h3-4H,1-2H3,(H,14,15)(H,10,11,12). The molecule has 0 spiro atoms. The number of aromatic amines is 1. The first-order valence-corrected chi connectivity index (χ1v) is 4.35. The van der Waals surface area contributed by atoms with Crippen LogP contribution in [-0.4, -0.2) is 40.1 Å². The maximum atomic E-state index is 10.7. The average Bonchev–Trinajstić information content (AvgIpc) is 2.59. The summed E-state index contributed by atoms with van der Waals surface area (Å²) < 4.78 is 0. The van der Waals surface area contributed by atoms with Gasteiger partial charge < -0.3 is 15.0 Å². The predicted octanol–water partition coefficient (Wildman–Crippen LogP) is 0.722. The number of pyridine rings is 1. The summed E-state index contributed by atoms with van der Waals surface area (Å²) in [6, 6.07) is 3.56. The number of nitrogens with one attached hydrogen (secondary N) is 1. The molecule has 2 N–H and O–H groups in total. The van der Waals surface area contributed by atoms with E-state index in [0.29, 0.717) is 11.2 Å². The number of imidazole rings is 1. The number of aromatic nitrogens is 3. The molecule has 15 heavy (non-hydrogen) atoms. The van der Waals surface area contributed by atoms with E-state index in [2.05, 4.69) is 15.0 Å². The number of H-pyrrole nitrogens is 1. The van der Waals surface area contributed by atoms with Crippen LogP contribution in [0.25, 0.3) is 11.2 Å². The molecule has 6 heteroatoms. The first-order chi connectivity index (χ1) is 7.08. The number of carboxylic acids is 1. The van der Waals surface area contributed by atoms with Crippen molar-refractivity contribution in [1.29, 1.82) is 0 Å². The molecule has 0 radical (unpaired) electrons.